The molecule has 0 bridgehead atoms. The number of amides is 1. The van der Waals surface area contributed by atoms with E-state index in [-0.39, 0.29) is 54.7 Å². The second-order valence-electron chi connectivity index (χ2n) is 8.40. The Morgan fingerprint density at radius 1 is 1.13 bits per heavy atom. The molecular weight excluding hydrogens is 540 g/mol. The number of hydrogen-bond acceptors (Lipinski definition) is 9. The maximum absolute atomic E-state index is 12.7. The van der Waals surface area contributed by atoms with Crippen LogP contribution >= 0.6 is 0 Å². The van der Waals surface area contributed by atoms with Gasteiger partial charge in [0.2, 0.25) is 26.0 Å². The van der Waals surface area contributed by atoms with Crippen LogP contribution in [0.15, 0.2) is 53.4 Å². The highest BCUT2D eigenvalue weighted by Crippen LogP contribution is 2.24. The van der Waals surface area contributed by atoms with E-state index in [1.54, 1.807) is 12.1 Å². The number of hydrogen-bond donors (Lipinski definition) is 1. The standard InChI is InChI=1S/C23H30N4O9S2/c1-37(31,32)26(19-4-2-5-20(18-19)27(29)30)12-3-6-23(28)24-11-15-36-21-7-9-22(10-8-21)38(33,34)25-13-16-35-17-14-25/h2,4-5,7-10,18H,3,6,11-17H2,1H3,(H,24,28). The van der Waals surface area contributed by atoms with Gasteiger partial charge in [-0.2, -0.15) is 4.31 Å². The van der Waals surface area contributed by atoms with E-state index < -0.39 is 25.0 Å². The fourth-order valence-electron chi connectivity index (χ4n) is 3.72. The van der Waals surface area contributed by atoms with Crippen LogP contribution in [0.5, 0.6) is 5.75 Å². The number of benzene rings is 2. The Morgan fingerprint density at radius 3 is 2.45 bits per heavy atom. The third-order valence-electron chi connectivity index (χ3n) is 5.62. The van der Waals surface area contributed by atoms with Crippen LogP contribution in [-0.2, 0) is 29.6 Å². The quantitative estimate of drug-likeness (QED) is 0.213. The van der Waals surface area contributed by atoms with Gasteiger partial charge in [0.15, 0.2) is 0 Å². The molecule has 1 amide bonds. The summed E-state index contributed by atoms with van der Waals surface area (Å²) in [4.78, 5) is 22.7. The largest absolute Gasteiger partial charge is 0.492 e. The average molecular weight is 571 g/mol. The van der Waals surface area contributed by atoms with Gasteiger partial charge < -0.3 is 14.8 Å². The number of sulfonamides is 2. The number of non-ortho nitro benzene ring substituents is 1. The van der Waals surface area contributed by atoms with Gasteiger partial charge in [-0.25, -0.2) is 16.8 Å². The lowest BCUT2D eigenvalue weighted by Crippen LogP contribution is -2.40. The molecule has 0 spiro atoms. The molecule has 13 nitrogen and oxygen atoms in total. The second-order valence-corrected chi connectivity index (χ2v) is 12.2. The third-order valence-corrected chi connectivity index (χ3v) is 8.73. The van der Waals surface area contributed by atoms with Gasteiger partial charge in [0.05, 0.1) is 41.5 Å². The van der Waals surface area contributed by atoms with Gasteiger partial charge in [-0.3, -0.25) is 19.2 Å². The van der Waals surface area contributed by atoms with Crippen molar-refractivity contribution in [3.05, 3.63) is 58.6 Å². The first-order valence-electron chi connectivity index (χ1n) is 11.8. The molecule has 15 heteroatoms. The molecule has 1 saturated heterocycles. The highest BCUT2D eigenvalue weighted by Gasteiger charge is 2.26. The van der Waals surface area contributed by atoms with E-state index in [2.05, 4.69) is 5.32 Å². The Morgan fingerprint density at radius 2 is 1.82 bits per heavy atom. The number of rotatable bonds is 13. The number of nitro benzene ring substituents is 1. The van der Waals surface area contributed by atoms with Crippen molar-refractivity contribution in [1.82, 2.24) is 9.62 Å². The fraction of sp³-hybridized carbons (Fsp3) is 0.435. The zero-order chi connectivity index (χ0) is 27.8. The van der Waals surface area contributed by atoms with Crippen LogP contribution in [-0.4, -0.2) is 84.2 Å². The molecule has 0 aromatic heterocycles. The molecule has 0 aliphatic carbocycles. The van der Waals surface area contributed by atoms with Crippen molar-refractivity contribution in [1.29, 1.82) is 0 Å². The van der Waals surface area contributed by atoms with Crippen LogP contribution in [0.25, 0.3) is 0 Å². The molecule has 38 heavy (non-hydrogen) atoms. The van der Waals surface area contributed by atoms with E-state index in [0.29, 0.717) is 32.1 Å². The SMILES string of the molecule is CS(=O)(=O)N(CCCC(=O)NCCOc1ccc(S(=O)(=O)N2CCOCC2)cc1)c1cccc([N+](=O)[O-])c1. The summed E-state index contributed by atoms with van der Waals surface area (Å²) in [5, 5.41) is 13.7. The predicted octanol–water partition coefficient (Wildman–Crippen LogP) is 1.36. The van der Waals surface area contributed by atoms with Crippen molar-refractivity contribution in [2.45, 2.75) is 17.7 Å². The Hall–Kier alpha value is -3.27. The van der Waals surface area contributed by atoms with Crippen LogP contribution in [0.2, 0.25) is 0 Å². The van der Waals surface area contributed by atoms with Gasteiger partial charge in [0, 0.05) is 38.2 Å². The average Bonchev–Trinajstić information content (AvgIpc) is 2.89. The van der Waals surface area contributed by atoms with Gasteiger partial charge >= 0.3 is 0 Å². The zero-order valence-corrected chi connectivity index (χ0v) is 22.4. The summed E-state index contributed by atoms with van der Waals surface area (Å²) >= 11 is 0. The summed E-state index contributed by atoms with van der Waals surface area (Å²) in [6.07, 6.45) is 1.23. The molecule has 0 atom stereocenters. The zero-order valence-electron chi connectivity index (χ0n) is 20.8. The molecule has 1 heterocycles. The summed E-state index contributed by atoms with van der Waals surface area (Å²) in [5.41, 5.74) is -0.0819. The van der Waals surface area contributed by atoms with E-state index >= 15 is 0 Å². The number of carbonyl (C=O) groups excluding carboxylic acids is 1. The van der Waals surface area contributed by atoms with E-state index in [0.717, 1.165) is 10.6 Å². The van der Waals surface area contributed by atoms with Crippen molar-refractivity contribution < 1.29 is 36.0 Å². The molecule has 3 rings (SSSR count). The lowest BCUT2D eigenvalue weighted by atomic mass is 10.2. The van der Waals surface area contributed by atoms with Crippen molar-refractivity contribution >= 4 is 37.3 Å². The minimum absolute atomic E-state index is 0.0242. The maximum atomic E-state index is 12.7. The summed E-state index contributed by atoms with van der Waals surface area (Å²) in [6, 6.07) is 11.3. The van der Waals surface area contributed by atoms with E-state index in [1.807, 2.05) is 0 Å². The van der Waals surface area contributed by atoms with Crippen molar-refractivity contribution in [2.24, 2.45) is 0 Å². The molecule has 2 aromatic rings. The maximum Gasteiger partial charge on any atom is 0.271 e. The molecule has 1 aliphatic heterocycles. The summed E-state index contributed by atoms with van der Waals surface area (Å²) in [5.74, 6) is 0.133. The van der Waals surface area contributed by atoms with E-state index in [9.17, 15) is 31.7 Å². The summed E-state index contributed by atoms with van der Waals surface area (Å²) in [6.45, 7) is 1.64. The number of nitrogens with zero attached hydrogens (tertiary/aromatic N) is 3. The molecule has 0 saturated carbocycles. The second kappa shape index (κ2) is 13.0. The highest BCUT2D eigenvalue weighted by molar-refractivity contribution is 7.92. The first-order valence-corrected chi connectivity index (χ1v) is 15.1. The minimum Gasteiger partial charge on any atom is -0.492 e. The van der Waals surface area contributed by atoms with E-state index in [4.69, 9.17) is 9.47 Å². The topological polar surface area (TPSA) is 165 Å². The molecule has 0 unspecified atom stereocenters. The van der Waals surface area contributed by atoms with Crippen LogP contribution < -0.4 is 14.4 Å². The van der Waals surface area contributed by atoms with Gasteiger partial charge in [0.25, 0.3) is 5.69 Å². The van der Waals surface area contributed by atoms with Gasteiger partial charge in [-0.1, -0.05) is 6.07 Å². The van der Waals surface area contributed by atoms with Crippen LogP contribution in [0.3, 0.4) is 0 Å². The lowest BCUT2D eigenvalue weighted by molar-refractivity contribution is -0.384. The van der Waals surface area contributed by atoms with Crippen molar-refractivity contribution in [2.75, 3.05) is 56.6 Å². The van der Waals surface area contributed by atoms with E-state index in [1.165, 1.54) is 40.7 Å². The molecule has 1 aliphatic rings. The molecule has 1 fully saturated rings. The normalized spacial score (nSPS) is 14.6. The minimum atomic E-state index is -3.72. The van der Waals surface area contributed by atoms with Crippen molar-refractivity contribution in [3.8, 4) is 5.75 Å². The van der Waals surface area contributed by atoms with Gasteiger partial charge in [-0.15, -0.1) is 0 Å². The van der Waals surface area contributed by atoms with Crippen molar-refractivity contribution in [3.63, 3.8) is 0 Å². The van der Waals surface area contributed by atoms with Crippen LogP contribution in [0.1, 0.15) is 12.8 Å². The Labute approximate surface area is 221 Å². The Balaban J connectivity index is 1.42. The number of nitro groups is 1. The number of nitrogens with one attached hydrogen (secondary N) is 1. The summed E-state index contributed by atoms with van der Waals surface area (Å²) < 4.78 is 62.9. The highest BCUT2D eigenvalue weighted by atomic mass is 32.2. The summed E-state index contributed by atoms with van der Waals surface area (Å²) in [7, 11) is -7.31. The van der Waals surface area contributed by atoms with Gasteiger partial charge in [-0.05, 0) is 36.8 Å². The number of anilines is 1. The molecule has 1 N–H and O–H groups in total. The molecule has 0 radical (unpaired) electrons. The Kier molecular flexibility index (Phi) is 10.0. The van der Waals surface area contributed by atoms with Crippen LogP contribution in [0, 0.1) is 10.1 Å². The molecular formula is C23H30N4O9S2. The number of morpholine rings is 1. The first kappa shape index (κ1) is 29.3. The smallest absolute Gasteiger partial charge is 0.271 e. The predicted molar refractivity (Wildman–Crippen MR) is 139 cm³/mol. The monoisotopic (exact) mass is 570 g/mol. The first-order chi connectivity index (χ1) is 18.0. The Bertz CT molecular complexity index is 1330. The van der Waals surface area contributed by atoms with Crippen LogP contribution in [0.4, 0.5) is 11.4 Å². The van der Waals surface area contributed by atoms with Gasteiger partial charge in [0.1, 0.15) is 12.4 Å². The molecule has 208 valence electrons. The lowest BCUT2D eigenvalue weighted by Gasteiger charge is -2.26. The number of ether oxygens (including phenoxy) is 2. The number of carbonyl (C=O) groups is 1. The third kappa shape index (κ3) is 8.11. The molecule has 2 aromatic carbocycles. The fourth-order valence-corrected chi connectivity index (χ4v) is 6.09.